The van der Waals surface area contributed by atoms with E-state index in [1.807, 2.05) is 4.90 Å². The van der Waals surface area contributed by atoms with Crippen LogP contribution in [-0.4, -0.2) is 46.1 Å². The molecule has 1 N–H and O–H groups in total. The quantitative estimate of drug-likeness (QED) is 0.503. The lowest BCUT2D eigenvalue weighted by molar-refractivity contribution is -0.394. The van der Waals surface area contributed by atoms with Crippen LogP contribution in [0.2, 0.25) is 0 Å². The molecule has 2 heterocycles. The molecule has 1 aromatic heterocycles. The largest absolute Gasteiger partial charge is 0.473 e. The summed E-state index contributed by atoms with van der Waals surface area (Å²) in [6.07, 6.45) is 1.17. The fraction of sp³-hybridized carbons (Fsp3) is 0.571. The Labute approximate surface area is 85.5 Å². The van der Waals surface area contributed by atoms with Crippen LogP contribution in [0, 0.1) is 10.1 Å². The molecule has 0 unspecified atom stereocenters. The van der Waals surface area contributed by atoms with Gasteiger partial charge < -0.3 is 20.3 Å². The van der Waals surface area contributed by atoms with E-state index in [9.17, 15) is 10.1 Å². The Balaban J connectivity index is 2.19. The molecule has 8 heteroatoms. The monoisotopic (exact) mass is 210 g/mol. The number of nitrogens with one attached hydrogen (secondary N) is 1. The number of aromatic nitrogens is 3. The van der Waals surface area contributed by atoms with Gasteiger partial charge in [-0.25, -0.2) is 0 Å². The SMILES string of the molecule is O=[N+]([O-])c1ncnc(N2CCNCC2)n1. The predicted octanol–water partition coefficient (Wildman–Crippen LogP) is -0.811. The van der Waals surface area contributed by atoms with Crippen molar-refractivity contribution in [1.29, 1.82) is 0 Å². The molecule has 0 bridgehead atoms. The third-order valence-electron chi connectivity index (χ3n) is 2.11. The van der Waals surface area contributed by atoms with E-state index in [2.05, 4.69) is 20.3 Å². The van der Waals surface area contributed by atoms with Gasteiger partial charge in [0.2, 0.25) is 6.33 Å². The summed E-state index contributed by atoms with van der Waals surface area (Å²) in [5.74, 6) is -0.0308. The first-order valence-electron chi connectivity index (χ1n) is 4.56. The lowest BCUT2D eigenvalue weighted by atomic mass is 10.4. The maximum Gasteiger partial charge on any atom is 0.473 e. The lowest BCUT2D eigenvalue weighted by Gasteiger charge is -2.25. The molecule has 1 aliphatic heterocycles. The van der Waals surface area contributed by atoms with Gasteiger partial charge in [-0.1, -0.05) is 4.98 Å². The van der Waals surface area contributed by atoms with Crippen LogP contribution in [0.1, 0.15) is 0 Å². The topological polar surface area (TPSA) is 97.1 Å². The van der Waals surface area contributed by atoms with Crippen molar-refractivity contribution in [2.24, 2.45) is 0 Å². The summed E-state index contributed by atoms with van der Waals surface area (Å²) in [6.45, 7) is 3.17. The number of hydrogen-bond acceptors (Lipinski definition) is 7. The molecule has 80 valence electrons. The first kappa shape index (κ1) is 9.71. The summed E-state index contributed by atoms with van der Waals surface area (Å²) in [7, 11) is 0. The van der Waals surface area contributed by atoms with Crippen molar-refractivity contribution < 1.29 is 4.92 Å². The molecule has 0 atom stereocenters. The number of rotatable bonds is 2. The minimum atomic E-state index is -0.618. The zero-order valence-corrected chi connectivity index (χ0v) is 7.96. The molecule has 15 heavy (non-hydrogen) atoms. The van der Waals surface area contributed by atoms with E-state index in [0.717, 1.165) is 26.2 Å². The highest BCUT2D eigenvalue weighted by Crippen LogP contribution is 2.09. The van der Waals surface area contributed by atoms with Gasteiger partial charge in [0.25, 0.3) is 0 Å². The first-order chi connectivity index (χ1) is 7.27. The van der Waals surface area contributed by atoms with Crippen LogP contribution in [0.25, 0.3) is 0 Å². The second-order valence-corrected chi connectivity index (χ2v) is 3.08. The van der Waals surface area contributed by atoms with Crippen LogP contribution in [0.5, 0.6) is 0 Å². The molecule has 1 fully saturated rings. The molecule has 2 rings (SSSR count). The van der Waals surface area contributed by atoms with Crippen LogP contribution < -0.4 is 10.2 Å². The molecular weight excluding hydrogens is 200 g/mol. The van der Waals surface area contributed by atoms with E-state index in [1.165, 1.54) is 6.33 Å². The minimum absolute atomic E-state index is 0.373. The Kier molecular flexibility index (Phi) is 2.68. The molecule has 1 aromatic rings. The second-order valence-electron chi connectivity index (χ2n) is 3.08. The van der Waals surface area contributed by atoms with E-state index in [0.29, 0.717) is 5.95 Å². The van der Waals surface area contributed by atoms with Gasteiger partial charge in [0.05, 0.1) is 0 Å². The second kappa shape index (κ2) is 4.13. The van der Waals surface area contributed by atoms with Crippen molar-refractivity contribution in [3.63, 3.8) is 0 Å². The van der Waals surface area contributed by atoms with E-state index < -0.39 is 10.9 Å². The van der Waals surface area contributed by atoms with Crippen molar-refractivity contribution in [3.8, 4) is 0 Å². The highest BCUT2D eigenvalue weighted by Gasteiger charge is 2.19. The summed E-state index contributed by atoms with van der Waals surface area (Å²) in [5.41, 5.74) is 0. The maximum atomic E-state index is 10.5. The molecule has 0 aliphatic carbocycles. The molecular formula is C7H10N6O2. The Morgan fingerprint density at radius 3 is 2.80 bits per heavy atom. The van der Waals surface area contributed by atoms with Crippen molar-refractivity contribution >= 4 is 11.9 Å². The van der Waals surface area contributed by atoms with Crippen LogP contribution in [0.15, 0.2) is 6.33 Å². The van der Waals surface area contributed by atoms with Crippen molar-refractivity contribution in [2.45, 2.75) is 0 Å². The van der Waals surface area contributed by atoms with Gasteiger partial charge in [0.1, 0.15) is 0 Å². The van der Waals surface area contributed by atoms with Crippen molar-refractivity contribution in [3.05, 3.63) is 16.4 Å². The lowest BCUT2D eigenvalue weighted by Crippen LogP contribution is -2.44. The van der Waals surface area contributed by atoms with Crippen LogP contribution in [0.3, 0.4) is 0 Å². The highest BCUT2D eigenvalue weighted by molar-refractivity contribution is 5.31. The molecule has 0 aromatic carbocycles. The number of anilines is 1. The number of nitrogens with zero attached hydrogens (tertiary/aromatic N) is 5. The zero-order valence-electron chi connectivity index (χ0n) is 7.96. The third-order valence-corrected chi connectivity index (χ3v) is 2.11. The summed E-state index contributed by atoms with van der Waals surface area (Å²) in [4.78, 5) is 22.9. The van der Waals surface area contributed by atoms with E-state index in [-0.39, 0.29) is 0 Å². The zero-order chi connectivity index (χ0) is 10.7. The number of piperazine rings is 1. The molecule has 1 saturated heterocycles. The fourth-order valence-corrected chi connectivity index (χ4v) is 1.38. The van der Waals surface area contributed by atoms with E-state index >= 15 is 0 Å². The molecule has 0 amide bonds. The highest BCUT2D eigenvalue weighted by atomic mass is 16.6. The maximum absolute atomic E-state index is 10.5. The smallest absolute Gasteiger partial charge is 0.390 e. The molecule has 1 aliphatic rings. The van der Waals surface area contributed by atoms with Gasteiger partial charge in [-0.05, 0) is 9.91 Å². The van der Waals surface area contributed by atoms with E-state index in [1.54, 1.807) is 0 Å². The molecule has 0 spiro atoms. The Morgan fingerprint density at radius 1 is 1.40 bits per heavy atom. The third kappa shape index (κ3) is 2.15. The standard InChI is InChI=1S/C7H10N6O2/c14-13(15)7-10-5-9-6(11-7)12-3-1-8-2-4-12/h5,8H,1-4H2. The van der Waals surface area contributed by atoms with Crippen LogP contribution in [-0.2, 0) is 0 Å². The normalized spacial score (nSPS) is 16.4. The average molecular weight is 210 g/mol. The van der Waals surface area contributed by atoms with Crippen molar-refractivity contribution in [2.75, 3.05) is 31.1 Å². The van der Waals surface area contributed by atoms with Gasteiger partial charge in [-0.15, -0.1) is 0 Å². The van der Waals surface area contributed by atoms with Gasteiger partial charge in [-0.3, -0.25) is 0 Å². The summed E-state index contributed by atoms with van der Waals surface area (Å²) in [6, 6.07) is 0. The Bertz CT molecular complexity index is 364. The van der Waals surface area contributed by atoms with E-state index in [4.69, 9.17) is 0 Å². The molecule has 8 nitrogen and oxygen atoms in total. The average Bonchev–Trinajstić information content (AvgIpc) is 2.30. The molecule has 0 saturated carbocycles. The summed E-state index contributed by atoms with van der Waals surface area (Å²) in [5, 5.41) is 13.6. The Hall–Kier alpha value is -1.83. The van der Waals surface area contributed by atoms with Gasteiger partial charge in [0, 0.05) is 26.2 Å². The van der Waals surface area contributed by atoms with Gasteiger partial charge in [-0.2, -0.15) is 4.98 Å². The van der Waals surface area contributed by atoms with Gasteiger partial charge >= 0.3 is 11.9 Å². The molecule has 0 radical (unpaired) electrons. The number of nitro groups is 1. The van der Waals surface area contributed by atoms with Crippen molar-refractivity contribution in [1.82, 2.24) is 20.3 Å². The minimum Gasteiger partial charge on any atom is -0.390 e. The first-order valence-corrected chi connectivity index (χ1v) is 4.56. The Morgan fingerprint density at radius 2 is 2.13 bits per heavy atom. The summed E-state index contributed by atoms with van der Waals surface area (Å²) >= 11 is 0. The fourth-order valence-electron chi connectivity index (χ4n) is 1.38. The van der Waals surface area contributed by atoms with Crippen LogP contribution >= 0.6 is 0 Å². The van der Waals surface area contributed by atoms with Crippen LogP contribution in [0.4, 0.5) is 11.9 Å². The predicted molar refractivity (Wildman–Crippen MR) is 51.6 cm³/mol. The van der Waals surface area contributed by atoms with Gasteiger partial charge in [0.15, 0.2) is 0 Å². The number of hydrogen-bond donors (Lipinski definition) is 1. The summed E-state index contributed by atoms with van der Waals surface area (Å²) < 4.78 is 0.